The van der Waals surface area contributed by atoms with E-state index in [1.54, 1.807) is 6.20 Å². The number of aromatic nitrogens is 4. The van der Waals surface area contributed by atoms with Gasteiger partial charge < -0.3 is 5.32 Å². The largest absolute Gasteiger partial charge is 0.348 e. The third kappa shape index (κ3) is 3.10. The lowest BCUT2D eigenvalue weighted by molar-refractivity contribution is -0.120. The number of amides is 1. The molecule has 1 amide bonds. The molecule has 0 spiro atoms. The molecule has 2 aromatic heterocycles. The van der Waals surface area contributed by atoms with Gasteiger partial charge in [-0.15, -0.1) is 0 Å². The van der Waals surface area contributed by atoms with Gasteiger partial charge in [-0.2, -0.15) is 5.10 Å². The van der Waals surface area contributed by atoms with Gasteiger partial charge in [-0.05, 0) is 18.6 Å². The quantitative estimate of drug-likeness (QED) is 0.796. The molecule has 0 aliphatic rings. The van der Waals surface area contributed by atoms with Gasteiger partial charge in [-0.1, -0.05) is 6.07 Å². The van der Waals surface area contributed by atoms with Crippen LogP contribution in [0, 0.1) is 6.92 Å². The molecule has 2 heterocycles. The SMILES string of the molecule is Cc1cccnc1CC(=O)NCc1ncn[nH]1. The fourth-order valence-electron chi connectivity index (χ4n) is 1.42. The molecule has 17 heavy (non-hydrogen) atoms. The van der Waals surface area contributed by atoms with Gasteiger partial charge in [0.25, 0.3) is 0 Å². The molecule has 0 aliphatic carbocycles. The molecule has 0 saturated heterocycles. The van der Waals surface area contributed by atoms with Crippen molar-refractivity contribution < 1.29 is 4.79 Å². The Bertz CT molecular complexity index is 494. The van der Waals surface area contributed by atoms with Gasteiger partial charge in [-0.3, -0.25) is 14.9 Å². The molecular weight excluding hydrogens is 218 g/mol. The third-order valence-corrected chi connectivity index (χ3v) is 2.36. The molecule has 0 radical (unpaired) electrons. The number of hydrogen-bond donors (Lipinski definition) is 2. The number of pyridine rings is 1. The standard InChI is InChI=1S/C11H13N5O/c1-8-3-2-4-12-9(8)5-11(17)13-6-10-14-7-15-16-10/h2-4,7H,5-6H2,1H3,(H,13,17)(H,14,15,16). The molecule has 2 aromatic rings. The van der Waals surface area contributed by atoms with Crippen LogP contribution in [0.15, 0.2) is 24.7 Å². The number of rotatable bonds is 4. The van der Waals surface area contributed by atoms with E-state index in [-0.39, 0.29) is 12.3 Å². The maximum Gasteiger partial charge on any atom is 0.226 e. The lowest BCUT2D eigenvalue weighted by Crippen LogP contribution is -2.25. The number of hydrogen-bond acceptors (Lipinski definition) is 4. The molecule has 6 heteroatoms. The van der Waals surface area contributed by atoms with E-state index in [2.05, 4.69) is 25.5 Å². The van der Waals surface area contributed by atoms with Gasteiger partial charge in [0, 0.05) is 6.20 Å². The van der Waals surface area contributed by atoms with Crippen molar-refractivity contribution in [3.8, 4) is 0 Å². The van der Waals surface area contributed by atoms with Crippen LogP contribution in [0.2, 0.25) is 0 Å². The van der Waals surface area contributed by atoms with Crippen molar-refractivity contribution >= 4 is 5.91 Å². The van der Waals surface area contributed by atoms with E-state index in [9.17, 15) is 4.79 Å². The van der Waals surface area contributed by atoms with Crippen LogP contribution >= 0.6 is 0 Å². The molecule has 0 aromatic carbocycles. The summed E-state index contributed by atoms with van der Waals surface area (Å²) in [5, 5.41) is 9.12. The molecular formula is C11H13N5O. The lowest BCUT2D eigenvalue weighted by Gasteiger charge is -2.04. The Balaban J connectivity index is 1.87. The summed E-state index contributed by atoms with van der Waals surface area (Å²) in [5.74, 6) is 0.555. The van der Waals surface area contributed by atoms with E-state index >= 15 is 0 Å². The summed E-state index contributed by atoms with van der Waals surface area (Å²) in [7, 11) is 0. The Morgan fingerprint density at radius 3 is 3.06 bits per heavy atom. The number of carbonyl (C=O) groups is 1. The number of nitrogens with one attached hydrogen (secondary N) is 2. The molecule has 0 fully saturated rings. The predicted octanol–water partition coefficient (Wildman–Crippen LogP) is 0.367. The third-order valence-electron chi connectivity index (χ3n) is 2.36. The van der Waals surface area contributed by atoms with Crippen LogP contribution in [0.25, 0.3) is 0 Å². The zero-order valence-corrected chi connectivity index (χ0v) is 9.47. The van der Waals surface area contributed by atoms with E-state index in [1.165, 1.54) is 6.33 Å². The van der Waals surface area contributed by atoms with Crippen LogP contribution in [0.5, 0.6) is 0 Å². The van der Waals surface area contributed by atoms with Gasteiger partial charge in [0.15, 0.2) is 0 Å². The van der Waals surface area contributed by atoms with E-state index in [1.807, 2.05) is 19.1 Å². The van der Waals surface area contributed by atoms with Crippen molar-refractivity contribution in [3.05, 3.63) is 41.7 Å². The summed E-state index contributed by atoms with van der Waals surface area (Å²) < 4.78 is 0. The van der Waals surface area contributed by atoms with E-state index in [0.29, 0.717) is 12.4 Å². The highest BCUT2D eigenvalue weighted by Crippen LogP contribution is 2.03. The zero-order chi connectivity index (χ0) is 12.1. The van der Waals surface area contributed by atoms with Crippen molar-refractivity contribution in [3.63, 3.8) is 0 Å². The Morgan fingerprint density at radius 2 is 2.35 bits per heavy atom. The van der Waals surface area contributed by atoms with Gasteiger partial charge in [0.2, 0.25) is 5.91 Å². The molecule has 0 unspecified atom stereocenters. The second-order valence-corrected chi connectivity index (χ2v) is 3.65. The minimum atomic E-state index is -0.0804. The summed E-state index contributed by atoms with van der Waals surface area (Å²) >= 11 is 0. The van der Waals surface area contributed by atoms with Crippen molar-refractivity contribution in [1.82, 2.24) is 25.5 Å². The molecule has 0 aliphatic heterocycles. The second kappa shape index (κ2) is 5.20. The summed E-state index contributed by atoms with van der Waals surface area (Å²) in [6.45, 7) is 2.29. The Hall–Kier alpha value is -2.24. The average Bonchev–Trinajstić information content (AvgIpc) is 2.82. The number of nitrogens with zero attached hydrogens (tertiary/aromatic N) is 3. The first-order chi connectivity index (χ1) is 8.25. The van der Waals surface area contributed by atoms with Crippen LogP contribution in [0.1, 0.15) is 17.1 Å². The molecule has 0 bridgehead atoms. The van der Waals surface area contributed by atoms with E-state index in [4.69, 9.17) is 0 Å². The highest BCUT2D eigenvalue weighted by atomic mass is 16.1. The Morgan fingerprint density at radius 1 is 1.47 bits per heavy atom. The topological polar surface area (TPSA) is 83.6 Å². The number of H-pyrrole nitrogens is 1. The molecule has 0 atom stereocenters. The molecule has 6 nitrogen and oxygen atoms in total. The zero-order valence-electron chi connectivity index (χ0n) is 9.47. The van der Waals surface area contributed by atoms with Crippen molar-refractivity contribution in [1.29, 1.82) is 0 Å². The van der Waals surface area contributed by atoms with E-state index < -0.39 is 0 Å². The monoisotopic (exact) mass is 231 g/mol. The van der Waals surface area contributed by atoms with Crippen molar-refractivity contribution in [2.45, 2.75) is 19.9 Å². The molecule has 2 rings (SSSR count). The number of carbonyl (C=O) groups excluding carboxylic acids is 1. The molecule has 0 saturated carbocycles. The fourth-order valence-corrected chi connectivity index (χ4v) is 1.42. The van der Waals surface area contributed by atoms with Gasteiger partial charge >= 0.3 is 0 Å². The van der Waals surface area contributed by atoms with Crippen LogP contribution in [0.3, 0.4) is 0 Å². The normalized spacial score (nSPS) is 10.2. The second-order valence-electron chi connectivity index (χ2n) is 3.65. The average molecular weight is 231 g/mol. The van der Waals surface area contributed by atoms with Crippen LogP contribution in [-0.4, -0.2) is 26.1 Å². The number of aromatic amines is 1. The van der Waals surface area contributed by atoms with Crippen LogP contribution in [0.4, 0.5) is 0 Å². The summed E-state index contributed by atoms with van der Waals surface area (Å²) in [6.07, 6.45) is 3.37. The van der Waals surface area contributed by atoms with Crippen LogP contribution in [-0.2, 0) is 17.8 Å². The summed E-state index contributed by atoms with van der Waals surface area (Å²) in [6, 6.07) is 3.79. The first-order valence-corrected chi connectivity index (χ1v) is 5.27. The first kappa shape index (κ1) is 11.3. The highest BCUT2D eigenvalue weighted by Gasteiger charge is 2.07. The minimum Gasteiger partial charge on any atom is -0.348 e. The smallest absolute Gasteiger partial charge is 0.226 e. The highest BCUT2D eigenvalue weighted by molar-refractivity contribution is 5.78. The predicted molar refractivity (Wildman–Crippen MR) is 60.9 cm³/mol. The van der Waals surface area contributed by atoms with E-state index in [0.717, 1.165) is 11.3 Å². The van der Waals surface area contributed by atoms with Gasteiger partial charge in [0.05, 0.1) is 18.7 Å². The molecule has 88 valence electrons. The van der Waals surface area contributed by atoms with Crippen LogP contribution < -0.4 is 5.32 Å². The van der Waals surface area contributed by atoms with Crippen molar-refractivity contribution in [2.24, 2.45) is 0 Å². The first-order valence-electron chi connectivity index (χ1n) is 5.27. The summed E-state index contributed by atoms with van der Waals surface area (Å²) in [5.41, 5.74) is 1.81. The minimum absolute atomic E-state index is 0.0804. The van der Waals surface area contributed by atoms with Gasteiger partial charge in [0.1, 0.15) is 12.2 Å². The number of aryl methyl sites for hydroxylation is 1. The lowest BCUT2D eigenvalue weighted by atomic mass is 10.1. The fraction of sp³-hybridized carbons (Fsp3) is 0.273. The van der Waals surface area contributed by atoms with Crippen molar-refractivity contribution in [2.75, 3.05) is 0 Å². The maximum atomic E-state index is 11.6. The Kier molecular flexibility index (Phi) is 3.44. The van der Waals surface area contributed by atoms with Gasteiger partial charge in [-0.25, -0.2) is 4.98 Å². The maximum absolute atomic E-state index is 11.6. The summed E-state index contributed by atoms with van der Waals surface area (Å²) in [4.78, 5) is 19.7. The molecule has 2 N–H and O–H groups in total. The Labute approximate surface area is 98.5 Å².